The van der Waals surface area contributed by atoms with E-state index in [9.17, 15) is 0 Å². The van der Waals surface area contributed by atoms with E-state index >= 15 is 0 Å². The Labute approximate surface area is 248 Å². The van der Waals surface area contributed by atoms with Crippen LogP contribution in [0.15, 0.2) is 52.4 Å². The molecule has 197 valence electrons. The Kier molecular flexibility index (Phi) is 16.7. The first-order valence-electron chi connectivity index (χ1n) is 12.9. The molecule has 0 N–H and O–H groups in total. The molecule has 0 atom stereocenters. The smallest absolute Gasteiger partial charge is 1.00 e. The van der Waals surface area contributed by atoms with Gasteiger partial charge in [-0.25, -0.2) is 4.98 Å². The number of nitrogens with zero attached hydrogens (tertiary/aromatic N) is 3. The second-order valence-electron chi connectivity index (χ2n) is 8.65. The fourth-order valence-electron chi connectivity index (χ4n) is 4.36. The van der Waals surface area contributed by atoms with E-state index in [4.69, 9.17) is 15.0 Å². The Hall–Kier alpha value is -1.91. The predicted molar refractivity (Wildman–Crippen MR) is 148 cm³/mol. The van der Waals surface area contributed by atoms with Crippen molar-refractivity contribution in [3.8, 4) is 0 Å². The van der Waals surface area contributed by atoms with Crippen molar-refractivity contribution < 1.29 is 43.4 Å². The van der Waals surface area contributed by atoms with Crippen LogP contribution in [0.1, 0.15) is 86.3 Å². The van der Waals surface area contributed by atoms with Crippen LogP contribution in [0.25, 0.3) is 0 Å². The van der Waals surface area contributed by atoms with Gasteiger partial charge in [0.25, 0.3) is 0 Å². The van der Waals surface area contributed by atoms with E-state index in [1.807, 2.05) is 30.6 Å². The van der Waals surface area contributed by atoms with Gasteiger partial charge in [-0.2, -0.15) is 0 Å². The van der Waals surface area contributed by atoms with E-state index < -0.39 is 0 Å². The van der Waals surface area contributed by atoms with Crippen molar-refractivity contribution in [2.24, 2.45) is 9.98 Å². The van der Waals surface area contributed by atoms with Gasteiger partial charge >= 0.3 is 18.6 Å². The van der Waals surface area contributed by atoms with Crippen molar-refractivity contribution in [1.29, 1.82) is 0 Å². The summed E-state index contributed by atoms with van der Waals surface area (Å²) in [6.45, 7) is 13.2. The molecule has 1 heterocycles. The Morgan fingerprint density at radius 3 is 1.16 bits per heavy atom. The predicted octanol–water partition coefficient (Wildman–Crippen LogP) is 1.96. The number of hydrogen-bond donors (Lipinski definition) is 0. The minimum absolute atomic E-state index is 0. The largest absolute Gasteiger partial charge is 2.00 e. The monoisotopic (exact) mass is 574 g/mol. The summed E-state index contributed by atoms with van der Waals surface area (Å²) in [4.78, 5) is 14.6. The fraction of sp³-hybridized carbons (Fsp3) is 0.387. The van der Waals surface area contributed by atoms with Crippen molar-refractivity contribution in [3.05, 3.63) is 87.2 Å². The quantitative estimate of drug-likeness (QED) is 0.341. The van der Waals surface area contributed by atoms with Gasteiger partial charge in [0.1, 0.15) is 0 Å². The number of halogens is 2. The molecule has 0 bridgehead atoms. The SMILES string of the molecule is CCc1cc(CC)c(N=Cc2cccc(C=Nc3c(CC)cc(CC)cc3CC)n2)c(CC)c1.[Cl-].[Cl-].[V+2]. The van der Waals surface area contributed by atoms with E-state index in [1.165, 1.54) is 33.4 Å². The van der Waals surface area contributed by atoms with Crippen molar-refractivity contribution in [2.75, 3.05) is 0 Å². The topological polar surface area (TPSA) is 37.6 Å². The molecule has 2 aromatic carbocycles. The minimum atomic E-state index is 0. The second-order valence-corrected chi connectivity index (χ2v) is 8.65. The van der Waals surface area contributed by atoms with E-state index in [0.717, 1.165) is 61.3 Å². The van der Waals surface area contributed by atoms with Crippen LogP contribution in [-0.4, -0.2) is 17.4 Å². The molecular formula is C31H39Cl2N3V. The molecule has 6 heteroatoms. The molecule has 3 rings (SSSR count). The Balaban J connectivity index is 0.00000432. The summed E-state index contributed by atoms with van der Waals surface area (Å²) in [6, 6.07) is 15.2. The van der Waals surface area contributed by atoms with Gasteiger partial charge in [-0.1, -0.05) is 71.9 Å². The number of benzene rings is 2. The number of aryl methyl sites for hydroxylation is 6. The van der Waals surface area contributed by atoms with Crippen LogP contribution in [0.3, 0.4) is 0 Å². The molecule has 0 spiro atoms. The zero-order chi connectivity index (χ0) is 24.5. The number of hydrogen-bond acceptors (Lipinski definition) is 3. The minimum Gasteiger partial charge on any atom is -1.00 e. The molecule has 0 aliphatic heterocycles. The van der Waals surface area contributed by atoms with Crippen LogP contribution in [-0.2, 0) is 57.1 Å². The number of pyridine rings is 1. The third-order valence-electron chi connectivity index (χ3n) is 6.44. The number of aromatic nitrogens is 1. The molecule has 1 radical (unpaired) electrons. The van der Waals surface area contributed by atoms with E-state index in [2.05, 4.69) is 65.8 Å². The Morgan fingerprint density at radius 2 is 0.892 bits per heavy atom. The van der Waals surface area contributed by atoms with Gasteiger partial charge in [-0.15, -0.1) is 0 Å². The summed E-state index contributed by atoms with van der Waals surface area (Å²) in [6.07, 6.45) is 9.78. The van der Waals surface area contributed by atoms with Gasteiger partial charge in [0.2, 0.25) is 0 Å². The van der Waals surface area contributed by atoms with E-state index in [1.54, 1.807) is 0 Å². The molecule has 0 aliphatic carbocycles. The molecule has 3 aromatic rings. The standard InChI is InChI=1S/C31H39N3.2ClH.V/c1-7-22-16-24(9-3)30(25(10-4)17-22)32-20-28-14-13-15-29(34-28)21-33-31-26(11-5)18-23(8-2)19-27(31)12-6;;;/h13-21H,7-12H2,1-6H3;2*1H;/q;;;+2/p-2. The van der Waals surface area contributed by atoms with Gasteiger partial charge in [0.05, 0.1) is 35.2 Å². The molecular weight excluding hydrogens is 536 g/mol. The zero-order valence-corrected chi connectivity index (χ0v) is 25.9. The average Bonchev–Trinajstić information content (AvgIpc) is 2.89. The zero-order valence-electron chi connectivity index (χ0n) is 23.0. The molecule has 3 nitrogen and oxygen atoms in total. The Bertz CT molecular complexity index is 1050. The van der Waals surface area contributed by atoms with Gasteiger partial charge < -0.3 is 24.8 Å². The molecule has 0 aliphatic rings. The van der Waals surface area contributed by atoms with Crippen LogP contribution >= 0.6 is 0 Å². The molecule has 0 unspecified atom stereocenters. The van der Waals surface area contributed by atoms with E-state index in [-0.39, 0.29) is 43.4 Å². The first kappa shape index (κ1) is 35.1. The Morgan fingerprint density at radius 1 is 0.568 bits per heavy atom. The van der Waals surface area contributed by atoms with Gasteiger partial charge in [0.15, 0.2) is 0 Å². The van der Waals surface area contributed by atoms with Crippen molar-refractivity contribution in [3.63, 3.8) is 0 Å². The summed E-state index contributed by atoms with van der Waals surface area (Å²) in [5, 5.41) is 0. The average molecular weight is 576 g/mol. The summed E-state index contributed by atoms with van der Waals surface area (Å²) >= 11 is 0. The van der Waals surface area contributed by atoms with Crippen molar-refractivity contribution in [2.45, 2.75) is 80.1 Å². The van der Waals surface area contributed by atoms with Crippen LogP contribution in [0.4, 0.5) is 11.4 Å². The summed E-state index contributed by atoms with van der Waals surface area (Å²) in [5.74, 6) is 0. The molecule has 0 amide bonds. The van der Waals surface area contributed by atoms with Gasteiger partial charge in [-0.3, -0.25) is 9.98 Å². The molecule has 37 heavy (non-hydrogen) atoms. The van der Waals surface area contributed by atoms with Gasteiger partial charge in [-0.05, 0) is 84.0 Å². The second kappa shape index (κ2) is 17.6. The maximum atomic E-state index is 4.89. The summed E-state index contributed by atoms with van der Waals surface area (Å²) < 4.78 is 0. The normalized spacial score (nSPS) is 10.8. The summed E-state index contributed by atoms with van der Waals surface area (Å²) in [7, 11) is 0. The van der Waals surface area contributed by atoms with Crippen LogP contribution in [0.2, 0.25) is 0 Å². The molecule has 1 aromatic heterocycles. The number of rotatable bonds is 10. The van der Waals surface area contributed by atoms with Crippen LogP contribution in [0, 0.1) is 0 Å². The molecule has 0 saturated heterocycles. The summed E-state index contributed by atoms with van der Waals surface area (Å²) in [5.41, 5.74) is 11.9. The molecule has 0 saturated carbocycles. The fourth-order valence-corrected chi connectivity index (χ4v) is 4.36. The first-order chi connectivity index (χ1) is 16.6. The van der Waals surface area contributed by atoms with Crippen LogP contribution < -0.4 is 24.8 Å². The maximum absolute atomic E-state index is 4.89. The molecule has 0 fully saturated rings. The van der Waals surface area contributed by atoms with Crippen molar-refractivity contribution in [1.82, 2.24) is 4.98 Å². The van der Waals surface area contributed by atoms with Crippen molar-refractivity contribution >= 4 is 23.8 Å². The van der Waals surface area contributed by atoms with Crippen LogP contribution in [0.5, 0.6) is 0 Å². The number of aliphatic imine (C=N–C) groups is 2. The maximum Gasteiger partial charge on any atom is 2.00 e. The van der Waals surface area contributed by atoms with Gasteiger partial charge in [0, 0.05) is 0 Å². The first-order valence-corrected chi connectivity index (χ1v) is 12.9. The van der Waals surface area contributed by atoms with E-state index in [0.29, 0.717) is 0 Å². The third-order valence-corrected chi connectivity index (χ3v) is 6.44. The third kappa shape index (κ3) is 9.11.